The number of carbonyl (C=O) groups is 1. The number of carbonyl (C=O) groups excluding carboxylic acids is 1. The van der Waals surface area contributed by atoms with Gasteiger partial charge < -0.3 is 0 Å². The Kier molecular flexibility index (Phi) is 4.95. The molecule has 2 aliphatic heterocycles. The van der Waals surface area contributed by atoms with Gasteiger partial charge in [-0.3, -0.25) is 9.69 Å². The molecule has 0 amide bonds. The van der Waals surface area contributed by atoms with E-state index in [0.29, 0.717) is 11.2 Å². The van der Waals surface area contributed by atoms with Gasteiger partial charge in [-0.05, 0) is 24.6 Å². The van der Waals surface area contributed by atoms with Crippen molar-refractivity contribution in [3.63, 3.8) is 0 Å². The fraction of sp³-hybridized carbons (Fsp3) is 0.438. The molecule has 2 aliphatic rings. The monoisotopic (exact) mass is 341 g/mol. The summed E-state index contributed by atoms with van der Waals surface area (Å²) >= 11 is 13.6. The number of piperidine rings is 1. The van der Waals surface area contributed by atoms with Gasteiger partial charge in [0.15, 0.2) is 5.78 Å². The molecule has 0 bridgehead atoms. The van der Waals surface area contributed by atoms with Crippen LogP contribution < -0.4 is 0 Å². The lowest BCUT2D eigenvalue weighted by atomic mass is 9.96. The average molecular weight is 342 g/mol. The van der Waals surface area contributed by atoms with Crippen molar-refractivity contribution in [2.24, 2.45) is 5.92 Å². The van der Waals surface area contributed by atoms with E-state index in [9.17, 15) is 4.79 Å². The summed E-state index contributed by atoms with van der Waals surface area (Å²) in [7, 11) is 0. The number of alkyl halides is 1. The van der Waals surface area contributed by atoms with Crippen LogP contribution in [0.25, 0.3) is 0 Å². The van der Waals surface area contributed by atoms with Gasteiger partial charge in [0.2, 0.25) is 0 Å². The second-order valence-electron chi connectivity index (χ2n) is 5.52. The minimum absolute atomic E-state index is 0.0636. The predicted octanol–water partition coefficient (Wildman–Crippen LogP) is 3.97. The molecule has 1 aromatic rings. The summed E-state index contributed by atoms with van der Waals surface area (Å²) in [5, 5.41) is 1.36. The number of thioether (sulfide) groups is 1. The molecule has 2 heterocycles. The molecule has 5 heteroatoms. The van der Waals surface area contributed by atoms with Crippen molar-refractivity contribution in [2.45, 2.75) is 18.2 Å². The van der Waals surface area contributed by atoms with Crippen LogP contribution in [0.1, 0.15) is 12.0 Å². The van der Waals surface area contributed by atoms with Gasteiger partial charge >= 0.3 is 0 Å². The summed E-state index contributed by atoms with van der Waals surface area (Å²) < 4.78 is 0. The lowest BCUT2D eigenvalue weighted by molar-refractivity contribution is -0.112. The number of hydrogen-bond acceptors (Lipinski definition) is 3. The SMILES string of the molecule is O=C(CCl)C1=CC2CN(Cc3ccccc3Cl)CCC2S1. The van der Waals surface area contributed by atoms with Gasteiger partial charge in [-0.1, -0.05) is 35.9 Å². The number of Topliss-reactive ketones (excluding diaryl/α,β-unsaturated/α-hetero) is 1. The number of likely N-dealkylation sites (tertiary alicyclic amines) is 1. The van der Waals surface area contributed by atoms with Crippen molar-refractivity contribution in [3.05, 3.63) is 45.8 Å². The molecule has 112 valence electrons. The zero-order chi connectivity index (χ0) is 14.8. The Morgan fingerprint density at radius 1 is 1.38 bits per heavy atom. The molecule has 1 fully saturated rings. The number of fused-ring (bicyclic) bond motifs is 1. The highest BCUT2D eigenvalue weighted by atomic mass is 35.5. The highest BCUT2D eigenvalue weighted by Crippen LogP contribution is 2.42. The summed E-state index contributed by atoms with van der Waals surface area (Å²) in [6.45, 7) is 2.91. The normalized spacial score (nSPS) is 25.5. The molecule has 0 aliphatic carbocycles. The van der Waals surface area contributed by atoms with Crippen molar-refractivity contribution in [1.82, 2.24) is 4.90 Å². The third kappa shape index (κ3) is 3.48. The molecular weight excluding hydrogens is 325 g/mol. The number of allylic oxidation sites excluding steroid dienone is 1. The highest BCUT2D eigenvalue weighted by molar-refractivity contribution is 8.04. The molecule has 2 unspecified atom stereocenters. The van der Waals surface area contributed by atoms with Crippen LogP contribution in [-0.2, 0) is 11.3 Å². The quantitative estimate of drug-likeness (QED) is 0.773. The topological polar surface area (TPSA) is 20.3 Å². The van der Waals surface area contributed by atoms with Gasteiger partial charge in [-0.2, -0.15) is 0 Å². The van der Waals surface area contributed by atoms with Crippen LogP contribution in [0.4, 0.5) is 0 Å². The Morgan fingerprint density at radius 3 is 2.95 bits per heavy atom. The first-order valence-electron chi connectivity index (χ1n) is 7.11. The van der Waals surface area contributed by atoms with E-state index < -0.39 is 0 Å². The van der Waals surface area contributed by atoms with Crippen molar-refractivity contribution < 1.29 is 4.79 Å². The Bertz CT molecular complexity index is 575. The third-order valence-electron chi connectivity index (χ3n) is 4.07. The van der Waals surface area contributed by atoms with Crippen LogP contribution in [0.5, 0.6) is 0 Å². The van der Waals surface area contributed by atoms with Crippen molar-refractivity contribution >= 4 is 40.7 Å². The minimum atomic E-state index is 0.0636. The van der Waals surface area contributed by atoms with Crippen LogP contribution >= 0.6 is 35.0 Å². The average Bonchev–Trinajstić information content (AvgIpc) is 2.92. The van der Waals surface area contributed by atoms with E-state index in [1.807, 2.05) is 18.2 Å². The maximum absolute atomic E-state index is 11.7. The third-order valence-corrected chi connectivity index (χ3v) is 6.19. The van der Waals surface area contributed by atoms with Crippen LogP contribution in [-0.4, -0.2) is 34.9 Å². The number of hydrogen-bond donors (Lipinski definition) is 0. The van der Waals surface area contributed by atoms with E-state index in [-0.39, 0.29) is 11.7 Å². The van der Waals surface area contributed by atoms with Crippen molar-refractivity contribution in [3.8, 4) is 0 Å². The maximum Gasteiger partial charge on any atom is 0.183 e. The molecule has 3 rings (SSSR count). The van der Waals surface area contributed by atoms with E-state index in [4.69, 9.17) is 23.2 Å². The molecule has 2 nitrogen and oxygen atoms in total. The lowest BCUT2D eigenvalue weighted by Gasteiger charge is -2.34. The number of nitrogens with zero attached hydrogens (tertiary/aromatic N) is 1. The summed E-state index contributed by atoms with van der Waals surface area (Å²) in [6.07, 6.45) is 3.23. The lowest BCUT2D eigenvalue weighted by Crippen LogP contribution is -2.39. The Labute approximate surface area is 139 Å². The van der Waals surface area contributed by atoms with Crippen LogP contribution in [0.3, 0.4) is 0 Å². The van der Waals surface area contributed by atoms with Gasteiger partial charge in [0.05, 0.1) is 5.88 Å². The molecule has 0 spiro atoms. The first-order chi connectivity index (χ1) is 10.2. The van der Waals surface area contributed by atoms with E-state index in [1.54, 1.807) is 11.8 Å². The van der Waals surface area contributed by atoms with Crippen LogP contribution in [0, 0.1) is 5.92 Å². The Morgan fingerprint density at radius 2 is 2.19 bits per heavy atom. The molecule has 21 heavy (non-hydrogen) atoms. The smallest absolute Gasteiger partial charge is 0.183 e. The van der Waals surface area contributed by atoms with Gasteiger partial charge in [0.1, 0.15) is 0 Å². The van der Waals surface area contributed by atoms with Crippen molar-refractivity contribution in [1.29, 1.82) is 0 Å². The maximum atomic E-state index is 11.7. The number of benzene rings is 1. The summed E-state index contributed by atoms with van der Waals surface area (Å²) in [5.74, 6) is 0.601. The van der Waals surface area contributed by atoms with Crippen molar-refractivity contribution in [2.75, 3.05) is 19.0 Å². The number of ketones is 1. The standard InChI is InChI=1S/C16H17Cl2NOS/c17-8-14(20)16-7-12-10-19(6-5-15(12)21-16)9-11-3-1-2-4-13(11)18/h1-4,7,12,15H,5-6,8-10H2. The number of halogens is 2. The van der Waals surface area contributed by atoms with E-state index in [1.165, 1.54) is 5.56 Å². The van der Waals surface area contributed by atoms with Gasteiger partial charge in [-0.25, -0.2) is 0 Å². The Hall–Kier alpha value is -0.480. The van der Waals surface area contributed by atoms with Gasteiger partial charge in [0, 0.05) is 34.2 Å². The van der Waals surface area contributed by atoms with Gasteiger partial charge in [-0.15, -0.1) is 23.4 Å². The zero-order valence-corrected chi connectivity index (χ0v) is 13.9. The summed E-state index contributed by atoms with van der Waals surface area (Å²) in [6, 6.07) is 8.00. The number of rotatable bonds is 4. The summed E-state index contributed by atoms with van der Waals surface area (Å²) in [4.78, 5) is 15.0. The summed E-state index contributed by atoms with van der Waals surface area (Å²) in [5.41, 5.74) is 1.17. The zero-order valence-electron chi connectivity index (χ0n) is 11.6. The molecule has 0 aromatic heterocycles. The first kappa shape index (κ1) is 15.4. The van der Waals surface area contributed by atoms with Crippen LogP contribution in [0.2, 0.25) is 5.02 Å². The molecule has 1 aromatic carbocycles. The van der Waals surface area contributed by atoms with Gasteiger partial charge in [0.25, 0.3) is 0 Å². The van der Waals surface area contributed by atoms with E-state index in [0.717, 1.165) is 36.0 Å². The Balaban J connectivity index is 1.66. The first-order valence-corrected chi connectivity index (χ1v) is 8.90. The van der Waals surface area contributed by atoms with E-state index in [2.05, 4.69) is 17.0 Å². The molecule has 0 saturated carbocycles. The second kappa shape index (κ2) is 6.74. The fourth-order valence-corrected chi connectivity index (χ4v) is 4.73. The molecule has 0 radical (unpaired) electrons. The fourth-order valence-electron chi connectivity index (χ4n) is 2.97. The molecule has 2 atom stereocenters. The highest BCUT2D eigenvalue weighted by Gasteiger charge is 2.35. The van der Waals surface area contributed by atoms with E-state index >= 15 is 0 Å². The minimum Gasteiger partial charge on any atom is -0.298 e. The van der Waals surface area contributed by atoms with Crippen LogP contribution in [0.15, 0.2) is 35.2 Å². The second-order valence-corrected chi connectivity index (χ2v) is 7.48. The predicted molar refractivity (Wildman–Crippen MR) is 90.0 cm³/mol. The molecular formula is C16H17Cl2NOS. The molecule has 1 saturated heterocycles. The molecule has 0 N–H and O–H groups in total. The largest absolute Gasteiger partial charge is 0.298 e.